The van der Waals surface area contributed by atoms with Crippen LogP contribution in [-0.2, 0) is 4.79 Å². The van der Waals surface area contributed by atoms with Gasteiger partial charge in [0.25, 0.3) is 0 Å². The molecule has 0 aliphatic heterocycles. The Morgan fingerprint density at radius 1 is 1.27 bits per heavy atom. The summed E-state index contributed by atoms with van der Waals surface area (Å²) in [6.07, 6.45) is 3.39. The van der Waals surface area contributed by atoms with E-state index in [0.717, 1.165) is 29.9 Å². The number of benzene rings is 1. The molecule has 2 aromatic rings. The minimum Gasteiger partial charge on any atom is -0.372 e. The van der Waals surface area contributed by atoms with E-state index in [0.29, 0.717) is 0 Å². The van der Waals surface area contributed by atoms with Crippen molar-refractivity contribution in [3.05, 3.63) is 52.2 Å². The maximum absolute atomic E-state index is 12.0. The van der Waals surface area contributed by atoms with Crippen LogP contribution in [0.15, 0.2) is 41.1 Å². The van der Waals surface area contributed by atoms with E-state index in [1.807, 2.05) is 35.9 Å². The monoisotopic (exact) mass is 314 g/mol. The van der Waals surface area contributed by atoms with Crippen molar-refractivity contribution in [3.63, 3.8) is 0 Å². The highest BCUT2D eigenvalue weighted by atomic mass is 32.1. The van der Waals surface area contributed by atoms with Crippen molar-refractivity contribution >= 4 is 34.7 Å². The zero-order valence-corrected chi connectivity index (χ0v) is 14.1. The molecular formula is C18H22N2OS. The Labute approximate surface area is 136 Å². The fourth-order valence-corrected chi connectivity index (χ4v) is 2.92. The molecule has 4 heteroatoms. The van der Waals surface area contributed by atoms with E-state index in [1.54, 1.807) is 17.4 Å². The molecule has 1 amide bonds. The van der Waals surface area contributed by atoms with Crippen molar-refractivity contribution in [1.82, 2.24) is 0 Å². The minimum absolute atomic E-state index is 0.107. The molecule has 0 spiro atoms. The van der Waals surface area contributed by atoms with E-state index >= 15 is 0 Å². The fraction of sp³-hybridized carbons (Fsp3) is 0.278. The molecule has 0 aliphatic carbocycles. The molecule has 0 fully saturated rings. The second-order valence-corrected chi connectivity index (χ2v) is 5.83. The Morgan fingerprint density at radius 3 is 2.64 bits per heavy atom. The number of carbonyl (C=O) groups excluding carboxylic acids is 1. The number of hydrogen-bond donors (Lipinski definition) is 1. The summed E-state index contributed by atoms with van der Waals surface area (Å²) in [5.41, 5.74) is 4.17. The number of nitrogens with one attached hydrogen (secondary N) is 1. The van der Waals surface area contributed by atoms with Crippen LogP contribution in [0.25, 0.3) is 6.08 Å². The maximum atomic E-state index is 12.0. The molecule has 116 valence electrons. The highest BCUT2D eigenvalue weighted by Gasteiger charge is 2.06. The third kappa shape index (κ3) is 4.21. The van der Waals surface area contributed by atoms with Crippen LogP contribution in [0.4, 0.5) is 11.4 Å². The standard InChI is InChI=1S/C18H22N2OS/c1-4-20(5-2)16-7-8-17(14(3)12-16)19-18(21)9-6-15-10-11-22-13-15/h6-13H,4-5H2,1-3H3,(H,19,21)/b9-6+. The maximum Gasteiger partial charge on any atom is 0.248 e. The molecule has 0 unspecified atom stereocenters. The van der Waals surface area contributed by atoms with Crippen LogP contribution in [0.2, 0.25) is 0 Å². The van der Waals surface area contributed by atoms with E-state index in [1.165, 1.54) is 5.69 Å². The van der Waals surface area contributed by atoms with Crippen LogP contribution >= 0.6 is 11.3 Å². The van der Waals surface area contributed by atoms with Crippen LogP contribution < -0.4 is 10.2 Å². The van der Waals surface area contributed by atoms with Gasteiger partial charge in [-0.15, -0.1) is 0 Å². The molecule has 1 heterocycles. The van der Waals surface area contributed by atoms with Crippen LogP contribution in [0.1, 0.15) is 25.0 Å². The van der Waals surface area contributed by atoms with Crippen molar-refractivity contribution in [3.8, 4) is 0 Å². The van der Waals surface area contributed by atoms with E-state index in [9.17, 15) is 4.79 Å². The lowest BCUT2D eigenvalue weighted by Gasteiger charge is -2.22. The topological polar surface area (TPSA) is 32.3 Å². The molecule has 1 aromatic carbocycles. The number of hydrogen-bond acceptors (Lipinski definition) is 3. The van der Waals surface area contributed by atoms with Gasteiger partial charge >= 0.3 is 0 Å². The van der Waals surface area contributed by atoms with E-state index in [2.05, 4.69) is 36.2 Å². The smallest absolute Gasteiger partial charge is 0.248 e. The summed E-state index contributed by atoms with van der Waals surface area (Å²) in [7, 11) is 0. The first-order valence-corrected chi connectivity index (χ1v) is 8.45. The molecule has 22 heavy (non-hydrogen) atoms. The van der Waals surface area contributed by atoms with Gasteiger partial charge in [-0.05, 0) is 73.0 Å². The molecular weight excluding hydrogens is 292 g/mol. The largest absolute Gasteiger partial charge is 0.372 e. The quantitative estimate of drug-likeness (QED) is 0.793. The lowest BCUT2D eigenvalue weighted by Crippen LogP contribution is -2.22. The molecule has 1 aromatic heterocycles. The van der Waals surface area contributed by atoms with Gasteiger partial charge in [-0.25, -0.2) is 0 Å². The van der Waals surface area contributed by atoms with Crippen LogP contribution in [-0.4, -0.2) is 19.0 Å². The Bertz CT molecular complexity index is 643. The molecule has 0 atom stereocenters. The summed E-state index contributed by atoms with van der Waals surface area (Å²) in [6, 6.07) is 8.13. The Hall–Kier alpha value is -2.07. The van der Waals surface area contributed by atoms with Crippen molar-refractivity contribution in [1.29, 1.82) is 0 Å². The zero-order valence-electron chi connectivity index (χ0n) is 13.3. The van der Waals surface area contributed by atoms with E-state index in [-0.39, 0.29) is 5.91 Å². The number of thiophene rings is 1. The van der Waals surface area contributed by atoms with Crippen molar-refractivity contribution in [2.24, 2.45) is 0 Å². The first-order chi connectivity index (χ1) is 10.6. The predicted molar refractivity (Wildman–Crippen MR) is 96.7 cm³/mol. The Kier molecular flexibility index (Phi) is 5.78. The van der Waals surface area contributed by atoms with E-state index in [4.69, 9.17) is 0 Å². The third-order valence-corrected chi connectivity index (χ3v) is 4.27. The first kappa shape index (κ1) is 16.3. The number of anilines is 2. The lowest BCUT2D eigenvalue weighted by molar-refractivity contribution is -0.111. The molecule has 1 N–H and O–H groups in total. The normalized spacial score (nSPS) is 10.9. The van der Waals surface area contributed by atoms with Crippen molar-refractivity contribution < 1.29 is 4.79 Å². The number of carbonyl (C=O) groups is 1. The summed E-state index contributed by atoms with van der Waals surface area (Å²) in [5.74, 6) is -0.107. The van der Waals surface area contributed by atoms with Gasteiger partial charge in [-0.1, -0.05) is 0 Å². The van der Waals surface area contributed by atoms with Crippen molar-refractivity contribution in [2.75, 3.05) is 23.3 Å². The molecule has 0 bridgehead atoms. The van der Waals surface area contributed by atoms with Gasteiger partial charge in [0.15, 0.2) is 0 Å². The second kappa shape index (κ2) is 7.80. The van der Waals surface area contributed by atoms with Crippen LogP contribution in [0.5, 0.6) is 0 Å². The average Bonchev–Trinajstić information content (AvgIpc) is 3.02. The highest BCUT2D eigenvalue weighted by Crippen LogP contribution is 2.22. The highest BCUT2D eigenvalue weighted by molar-refractivity contribution is 7.08. The molecule has 3 nitrogen and oxygen atoms in total. The molecule has 0 saturated carbocycles. The number of rotatable bonds is 6. The minimum atomic E-state index is -0.107. The second-order valence-electron chi connectivity index (χ2n) is 5.05. The predicted octanol–water partition coefficient (Wildman–Crippen LogP) is 4.55. The van der Waals surface area contributed by atoms with Crippen LogP contribution in [0, 0.1) is 6.92 Å². The molecule has 2 rings (SSSR count). The lowest BCUT2D eigenvalue weighted by atomic mass is 10.1. The van der Waals surface area contributed by atoms with Gasteiger partial charge < -0.3 is 10.2 Å². The van der Waals surface area contributed by atoms with Crippen LogP contribution in [0.3, 0.4) is 0 Å². The zero-order chi connectivity index (χ0) is 15.9. The summed E-state index contributed by atoms with van der Waals surface area (Å²) >= 11 is 1.62. The third-order valence-electron chi connectivity index (χ3n) is 3.57. The van der Waals surface area contributed by atoms with Gasteiger partial charge in [0.05, 0.1) is 0 Å². The summed E-state index contributed by atoms with van der Waals surface area (Å²) in [5, 5.41) is 6.94. The van der Waals surface area contributed by atoms with Gasteiger partial charge in [0, 0.05) is 30.5 Å². The molecule has 0 saturated heterocycles. The number of nitrogens with zero attached hydrogens (tertiary/aromatic N) is 1. The van der Waals surface area contributed by atoms with Gasteiger partial charge in [0.1, 0.15) is 0 Å². The molecule has 0 radical (unpaired) electrons. The SMILES string of the molecule is CCN(CC)c1ccc(NC(=O)/C=C/c2ccsc2)c(C)c1. The fourth-order valence-electron chi connectivity index (χ4n) is 2.29. The van der Waals surface area contributed by atoms with Gasteiger partial charge in [-0.3, -0.25) is 4.79 Å². The number of aryl methyl sites for hydroxylation is 1. The summed E-state index contributed by atoms with van der Waals surface area (Å²) in [6.45, 7) is 8.26. The van der Waals surface area contributed by atoms with Gasteiger partial charge in [-0.2, -0.15) is 11.3 Å². The Balaban J connectivity index is 2.05. The van der Waals surface area contributed by atoms with Gasteiger partial charge in [0.2, 0.25) is 5.91 Å². The summed E-state index contributed by atoms with van der Waals surface area (Å²) in [4.78, 5) is 14.3. The average molecular weight is 314 g/mol. The Morgan fingerprint density at radius 2 is 2.05 bits per heavy atom. The summed E-state index contributed by atoms with van der Waals surface area (Å²) < 4.78 is 0. The first-order valence-electron chi connectivity index (χ1n) is 7.51. The van der Waals surface area contributed by atoms with Crippen molar-refractivity contribution in [2.45, 2.75) is 20.8 Å². The van der Waals surface area contributed by atoms with E-state index < -0.39 is 0 Å². The molecule has 0 aliphatic rings. The number of amides is 1.